The molecule has 3 aliphatic rings. The predicted molar refractivity (Wildman–Crippen MR) is 171 cm³/mol. The molecule has 1 aromatic carbocycles. The summed E-state index contributed by atoms with van der Waals surface area (Å²) in [6.07, 6.45) is 7.48. The van der Waals surface area contributed by atoms with Crippen LogP contribution in [0.25, 0.3) is 0 Å². The number of carbonyl (C=O) groups excluding carboxylic acids is 3. The third-order valence-electron chi connectivity index (χ3n) is 7.98. The van der Waals surface area contributed by atoms with E-state index in [0.717, 1.165) is 25.1 Å². The summed E-state index contributed by atoms with van der Waals surface area (Å²) >= 11 is 3.32. The number of ether oxygens (including phenoxy) is 1. The maximum Gasteiger partial charge on any atom is 0.411 e. The van der Waals surface area contributed by atoms with E-state index >= 15 is 0 Å². The summed E-state index contributed by atoms with van der Waals surface area (Å²) in [4.78, 5) is 43.2. The van der Waals surface area contributed by atoms with Gasteiger partial charge in [0.25, 0.3) is 0 Å². The Morgan fingerprint density at radius 3 is 2.44 bits per heavy atom. The highest BCUT2D eigenvalue weighted by atomic mass is 35.5. The van der Waals surface area contributed by atoms with Crippen molar-refractivity contribution in [2.45, 2.75) is 89.6 Å². The fourth-order valence-corrected chi connectivity index (χ4v) is 8.05. The number of rotatable bonds is 11. The van der Waals surface area contributed by atoms with E-state index in [9.17, 15) is 14.4 Å². The van der Waals surface area contributed by atoms with Gasteiger partial charge in [0, 0.05) is 37.2 Å². The van der Waals surface area contributed by atoms with E-state index in [1.54, 1.807) is 25.6 Å². The van der Waals surface area contributed by atoms with Gasteiger partial charge in [0.1, 0.15) is 12.1 Å². The lowest BCUT2D eigenvalue weighted by molar-refractivity contribution is -0.137. The Morgan fingerprint density at radius 1 is 1.05 bits per heavy atom. The minimum Gasteiger partial charge on any atom is -0.447 e. The number of hydrogen-bond acceptors (Lipinski definition) is 7. The predicted octanol–water partition coefficient (Wildman–Crippen LogP) is 4.91. The molecule has 0 radical (unpaired) electrons. The van der Waals surface area contributed by atoms with Gasteiger partial charge in [-0.25, -0.2) is 4.79 Å². The van der Waals surface area contributed by atoms with Gasteiger partial charge < -0.3 is 20.3 Å². The lowest BCUT2D eigenvalue weighted by atomic mass is 9.91. The van der Waals surface area contributed by atoms with E-state index in [1.165, 1.54) is 54.3 Å². The second kappa shape index (κ2) is 17.5. The van der Waals surface area contributed by atoms with Crippen molar-refractivity contribution in [3.8, 4) is 0 Å². The molecule has 4 rings (SSSR count). The Morgan fingerprint density at radius 2 is 1.76 bits per heavy atom. The molecule has 0 spiro atoms. The van der Waals surface area contributed by atoms with Crippen LogP contribution in [-0.2, 0) is 20.9 Å². The summed E-state index contributed by atoms with van der Waals surface area (Å²) in [7, 11) is 0. The van der Waals surface area contributed by atoms with Crippen LogP contribution >= 0.6 is 35.9 Å². The molecular formula is C30H47ClN4O4S2. The molecule has 41 heavy (non-hydrogen) atoms. The highest BCUT2D eigenvalue weighted by Crippen LogP contribution is 2.28. The Balaban J connectivity index is 0.00000462. The highest BCUT2D eigenvalue weighted by molar-refractivity contribution is 7.99. The van der Waals surface area contributed by atoms with Crippen LogP contribution in [0, 0.1) is 5.92 Å². The number of nitrogens with one attached hydrogen (secondary N) is 2. The van der Waals surface area contributed by atoms with Crippen molar-refractivity contribution in [3.05, 3.63) is 35.9 Å². The number of benzene rings is 1. The zero-order valence-electron chi connectivity index (χ0n) is 24.4. The zero-order valence-corrected chi connectivity index (χ0v) is 26.9. The SMILES string of the molecule is CC(C)OC(=O)N1CSC[C@H]1C(=O)N[C@@H](CSCC1CCCCC1)C(=O)N1CCC(NCc2ccccc2)CC1.Cl. The molecule has 2 saturated heterocycles. The van der Waals surface area contributed by atoms with Gasteiger partial charge in [-0.15, -0.1) is 24.2 Å². The fraction of sp³-hybridized carbons (Fsp3) is 0.700. The van der Waals surface area contributed by atoms with Crippen molar-refractivity contribution >= 4 is 53.8 Å². The van der Waals surface area contributed by atoms with Gasteiger partial charge in [-0.2, -0.15) is 11.8 Å². The maximum absolute atomic E-state index is 13.7. The van der Waals surface area contributed by atoms with Crippen LogP contribution in [0.3, 0.4) is 0 Å². The Labute approximate surface area is 260 Å². The molecule has 8 nitrogen and oxygen atoms in total. The smallest absolute Gasteiger partial charge is 0.411 e. The van der Waals surface area contributed by atoms with Gasteiger partial charge in [0.05, 0.1) is 12.0 Å². The van der Waals surface area contributed by atoms with Crippen molar-refractivity contribution in [3.63, 3.8) is 0 Å². The average molecular weight is 627 g/mol. The summed E-state index contributed by atoms with van der Waals surface area (Å²) < 4.78 is 5.36. The van der Waals surface area contributed by atoms with Crippen LogP contribution < -0.4 is 10.6 Å². The van der Waals surface area contributed by atoms with Crippen LogP contribution in [-0.4, -0.2) is 88.2 Å². The quantitative estimate of drug-likeness (QED) is 0.361. The minimum atomic E-state index is -0.622. The molecule has 0 bridgehead atoms. The number of thioether (sulfide) groups is 2. The summed E-state index contributed by atoms with van der Waals surface area (Å²) in [6.45, 7) is 5.78. The second-order valence-corrected chi connectivity index (χ2v) is 13.6. The van der Waals surface area contributed by atoms with E-state index in [0.29, 0.717) is 42.4 Å². The Kier molecular flexibility index (Phi) is 14.4. The lowest BCUT2D eigenvalue weighted by Crippen LogP contribution is -2.57. The van der Waals surface area contributed by atoms with Gasteiger partial charge in [0.15, 0.2) is 0 Å². The Bertz CT molecular complexity index is 959. The Hall–Kier alpha value is -1.62. The van der Waals surface area contributed by atoms with Crippen LogP contribution in [0.5, 0.6) is 0 Å². The lowest BCUT2D eigenvalue weighted by Gasteiger charge is -2.35. The average Bonchev–Trinajstić information content (AvgIpc) is 3.47. The standard InChI is InChI=1S/C30H46N4O4S2.ClH/c1-22(2)38-30(37)34-21-40-20-27(34)28(35)32-26(19-39-18-24-11-7-4-8-12-24)29(36)33-15-13-25(14-16-33)31-17-23-9-5-3-6-10-23;/h3,5-6,9-10,22,24-27,31H,4,7-8,11-21H2,1-2H3,(H,32,35);1H/t26-,27-;/m0./s1. The number of amides is 3. The number of hydrogen-bond donors (Lipinski definition) is 2. The molecule has 2 atom stereocenters. The molecule has 230 valence electrons. The molecule has 11 heteroatoms. The molecule has 2 heterocycles. The van der Waals surface area contributed by atoms with Crippen molar-refractivity contribution < 1.29 is 19.1 Å². The van der Waals surface area contributed by atoms with Crippen molar-refractivity contribution in [2.24, 2.45) is 5.92 Å². The van der Waals surface area contributed by atoms with E-state index in [1.807, 2.05) is 11.0 Å². The first kappa shape index (κ1) is 33.9. The largest absolute Gasteiger partial charge is 0.447 e. The number of nitrogens with zero attached hydrogens (tertiary/aromatic N) is 2. The first-order valence-corrected chi connectivity index (χ1v) is 17.2. The van der Waals surface area contributed by atoms with Gasteiger partial charge in [-0.05, 0) is 56.8 Å². The second-order valence-electron chi connectivity index (χ2n) is 11.5. The molecule has 3 fully saturated rings. The number of halogens is 1. The summed E-state index contributed by atoms with van der Waals surface area (Å²) in [5.41, 5.74) is 1.26. The van der Waals surface area contributed by atoms with E-state index < -0.39 is 18.2 Å². The van der Waals surface area contributed by atoms with Gasteiger partial charge in [-0.1, -0.05) is 49.6 Å². The minimum absolute atomic E-state index is 0. The van der Waals surface area contributed by atoms with Crippen LogP contribution in [0.15, 0.2) is 30.3 Å². The van der Waals surface area contributed by atoms with Gasteiger partial charge >= 0.3 is 6.09 Å². The zero-order chi connectivity index (χ0) is 28.3. The number of carbonyl (C=O) groups is 3. The molecule has 2 N–H and O–H groups in total. The normalized spacial score (nSPS) is 20.9. The number of piperidine rings is 1. The first-order valence-electron chi connectivity index (χ1n) is 14.9. The molecule has 1 saturated carbocycles. The monoisotopic (exact) mass is 626 g/mol. The van der Waals surface area contributed by atoms with Gasteiger partial charge in [0.2, 0.25) is 11.8 Å². The van der Waals surface area contributed by atoms with Crippen molar-refractivity contribution in [1.82, 2.24) is 20.4 Å². The molecule has 3 amide bonds. The molecule has 1 aromatic rings. The van der Waals surface area contributed by atoms with Crippen molar-refractivity contribution in [2.75, 3.05) is 36.2 Å². The van der Waals surface area contributed by atoms with E-state index in [2.05, 4.69) is 34.9 Å². The summed E-state index contributed by atoms with van der Waals surface area (Å²) in [6, 6.07) is 9.52. The van der Waals surface area contributed by atoms with Crippen LogP contribution in [0.1, 0.15) is 64.4 Å². The van der Waals surface area contributed by atoms with Crippen LogP contribution in [0.4, 0.5) is 4.79 Å². The highest BCUT2D eigenvalue weighted by Gasteiger charge is 2.38. The topological polar surface area (TPSA) is 91.0 Å². The molecule has 2 aliphatic heterocycles. The summed E-state index contributed by atoms with van der Waals surface area (Å²) in [5, 5.41) is 6.69. The maximum atomic E-state index is 13.7. The van der Waals surface area contributed by atoms with E-state index in [4.69, 9.17) is 4.74 Å². The van der Waals surface area contributed by atoms with Crippen molar-refractivity contribution in [1.29, 1.82) is 0 Å². The third kappa shape index (κ3) is 10.6. The molecular weight excluding hydrogens is 580 g/mol. The molecule has 0 unspecified atom stereocenters. The van der Waals surface area contributed by atoms with E-state index in [-0.39, 0.29) is 30.3 Å². The fourth-order valence-electron chi connectivity index (χ4n) is 5.64. The van der Waals surface area contributed by atoms with Gasteiger partial charge in [-0.3, -0.25) is 14.5 Å². The van der Waals surface area contributed by atoms with Crippen LogP contribution in [0.2, 0.25) is 0 Å². The molecule has 0 aromatic heterocycles. The summed E-state index contributed by atoms with van der Waals surface area (Å²) in [5.74, 6) is 2.94. The number of likely N-dealkylation sites (tertiary alicyclic amines) is 1. The first-order chi connectivity index (χ1) is 19.4. The molecule has 1 aliphatic carbocycles. The third-order valence-corrected chi connectivity index (χ3v) is 10.3.